The van der Waals surface area contributed by atoms with Gasteiger partial charge in [-0.15, -0.1) is 10.2 Å². The van der Waals surface area contributed by atoms with Crippen LogP contribution in [-0.2, 0) is 4.79 Å². The summed E-state index contributed by atoms with van der Waals surface area (Å²) in [5, 5.41) is 32.2. The van der Waals surface area contributed by atoms with Gasteiger partial charge >= 0.3 is 0 Å². The standard InChI is InChI=1S/C23H18BrN5O3S/c24-17-9-6-15(7-10-17)22-27-28-23(29(22)18-4-2-1-3-5-18)33-14-21(32)26-25-13-16-8-11-19(30)12-20(16)31/h1-13,30-31H,14H2,(H,26,32)/b25-13+. The van der Waals surface area contributed by atoms with Crippen LogP contribution in [0.15, 0.2) is 87.5 Å². The Bertz CT molecular complexity index is 1290. The topological polar surface area (TPSA) is 113 Å². The fourth-order valence-corrected chi connectivity index (χ4v) is 3.95. The molecular weight excluding hydrogens is 506 g/mol. The lowest BCUT2D eigenvalue weighted by Gasteiger charge is -2.10. The van der Waals surface area contributed by atoms with Crippen LogP contribution in [0.2, 0.25) is 0 Å². The number of phenolic OH excluding ortho intramolecular Hbond substituents is 2. The van der Waals surface area contributed by atoms with Gasteiger partial charge in [-0.1, -0.05) is 58.0 Å². The van der Waals surface area contributed by atoms with E-state index in [1.54, 1.807) is 0 Å². The fraction of sp³-hybridized carbons (Fsp3) is 0.0435. The lowest BCUT2D eigenvalue weighted by atomic mass is 10.2. The van der Waals surface area contributed by atoms with Crippen LogP contribution in [0.5, 0.6) is 11.5 Å². The quantitative estimate of drug-likeness (QED) is 0.188. The van der Waals surface area contributed by atoms with Crippen molar-refractivity contribution in [3.05, 3.63) is 82.8 Å². The monoisotopic (exact) mass is 523 g/mol. The zero-order valence-corrected chi connectivity index (χ0v) is 19.5. The number of hydrazone groups is 1. The van der Waals surface area contributed by atoms with Gasteiger partial charge in [0.1, 0.15) is 11.5 Å². The Morgan fingerprint density at radius 2 is 1.82 bits per heavy atom. The van der Waals surface area contributed by atoms with E-state index in [-0.39, 0.29) is 23.2 Å². The molecule has 166 valence electrons. The van der Waals surface area contributed by atoms with Gasteiger partial charge in [0, 0.05) is 27.4 Å². The highest BCUT2D eigenvalue weighted by molar-refractivity contribution is 9.10. The maximum absolute atomic E-state index is 12.3. The Hall–Kier alpha value is -3.63. The van der Waals surface area contributed by atoms with Crippen molar-refractivity contribution in [2.75, 3.05) is 5.75 Å². The van der Waals surface area contributed by atoms with Crippen molar-refractivity contribution in [1.29, 1.82) is 0 Å². The molecule has 1 heterocycles. The molecular formula is C23H18BrN5O3S. The summed E-state index contributed by atoms with van der Waals surface area (Å²) in [7, 11) is 0. The molecule has 0 saturated carbocycles. The van der Waals surface area contributed by atoms with E-state index in [4.69, 9.17) is 0 Å². The largest absolute Gasteiger partial charge is 0.508 e. The van der Waals surface area contributed by atoms with Crippen LogP contribution < -0.4 is 5.43 Å². The number of para-hydroxylation sites is 1. The Morgan fingerprint density at radius 3 is 2.55 bits per heavy atom. The van der Waals surface area contributed by atoms with Crippen molar-refractivity contribution in [1.82, 2.24) is 20.2 Å². The van der Waals surface area contributed by atoms with Crippen molar-refractivity contribution >= 4 is 39.8 Å². The van der Waals surface area contributed by atoms with Gasteiger partial charge < -0.3 is 10.2 Å². The van der Waals surface area contributed by atoms with Gasteiger partial charge in [-0.3, -0.25) is 9.36 Å². The molecule has 3 aromatic carbocycles. The number of carbonyl (C=O) groups is 1. The molecule has 0 aliphatic rings. The predicted molar refractivity (Wildman–Crippen MR) is 131 cm³/mol. The second-order valence-corrected chi connectivity index (χ2v) is 8.67. The summed E-state index contributed by atoms with van der Waals surface area (Å²) in [4.78, 5) is 12.3. The Labute approximate surface area is 202 Å². The van der Waals surface area contributed by atoms with E-state index >= 15 is 0 Å². The number of hydrogen-bond donors (Lipinski definition) is 3. The molecule has 1 amide bonds. The first-order chi connectivity index (χ1) is 16.0. The number of halogens is 1. The van der Waals surface area contributed by atoms with Gasteiger partial charge in [-0.25, -0.2) is 5.43 Å². The van der Waals surface area contributed by atoms with E-state index < -0.39 is 0 Å². The first kappa shape index (κ1) is 22.6. The number of carbonyl (C=O) groups excluding carboxylic acids is 1. The van der Waals surface area contributed by atoms with E-state index in [1.807, 2.05) is 59.2 Å². The number of aromatic hydroxyl groups is 2. The SMILES string of the molecule is O=C(CSc1nnc(-c2ccc(Br)cc2)n1-c1ccccc1)N/N=C/c1ccc(O)cc1O. The van der Waals surface area contributed by atoms with Crippen molar-refractivity contribution < 1.29 is 15.0 Å². The Morgan fingerprint density at radius 1 is 1.06 bits per heavy atom. The number of nitrogens with one attached hydrogen (secondary N) is 1. The minimum Gasteiger partial charge on any atom is -0.508 e. The highest BCUT2D eigenvalue weighted by atomic mass is 79.9. The number of hydrogen-bond acceptors (Lipinski definition) is 7. The zero-order valence-electron chi connectivity index (χ0n) is 17.1. The average molecular weight is 524 g/mol. The normalized spacial score (nSPS) is 11.1. The molecule has 0 bridgehead atoms. The first-order valence-electron chi connectivity index (χ1n) is 9.75. The highest BCUT2D eigenvalue weighted by Crippen LogP contribution is 2.28. The molecule has 0 unspecified atom stereocenters. The Balaban J connectivity index is 1.49. The third-order valence-corrected chi connectivity index (χ3v) is 5.95. The van der Waals surface area contributed by atoms with Crippen LogP contribution in [0.3, 0.4) is 0 Å². The molecule has 3 N–H and O–H groups in total. The van der Waals surface area contributed by atoms with Crippen molar-refractivity contribution in [3.8, 4) is 28.6 Å². The number of thioether (sulfide) groups is 1. The predicted octanol–water partition coefficient (Wildman–Crippen LogP) is 4.35. The summed E-state index contributed by atoms with van der Waals surface area (Å²) < 4.78 is 2.86. The number of phenols is 2. The van der Waals surface area contributed by atoms with Crippen LogP contribution in [0.1, 0.15) is 5.56 Å². The Kier molecular flexibility index (Phi) is 7.06. The summed E-state index contributed by atoms with van der Waals surface area (Å²) in [5.74, 6) is 0.179. The molecule has 10 heteroatoms. The molecule has 0 spiro atoms. The van der Waals surface area contributed by atoms with E-state index in [0.717, 1.165) is 15.7 Å². The van der Waals surface area contributed by atoms with Gasteiger partial charge in [0.15, 0.2) is 11.0 Å². The van der Waals surface area contributed by atoms with Gasteiger partial charge in [0.05, 0.1) is 12.0 Å². The second-order valence-electron chi connectivity index (χ2n) is 6.81. The van der Waals surface area contributed by atoms with E-state index in [0.29, 0.717) is 16.5 Å². The van der Waals surface area contributed by atoms with Crippen LogP contribution in [0.25, 0.3) is 17.1 Å². The van der Waals surface area contributed by atoms with Gasteiger partial charge in [0.25, 0.3) is 5.91 Å². The summed E-state index contributed by atoms with van der Waals surface area (Å²) >= 11 is 4.67. The van der Waals surface area contributed by atoms with Crippen LogP contribution in [0.4, 0.5) is 0 Å². The van der Waals surface area contributed by atoms with Gasteiger partial charge in [-0.2, -0.15) is 5.10 Å². The number of nitrogens with zero attached hydrogens (tertiary/aromatic N) is 4. The third kappa shape index (κ3) is 5.60. The van der Waals surface area contributed by atoms with Crippen LogP contribution in [0, 0.1) is 0 Å². The minimum atomic E-state index is -0.345. The molecule has 0 aliphatic carbocycles. The molecule has 8 nitrogen and oxygen atoms in total. The summed E-state index contributed by atoms with van der Waals surface area (Å²) in [6, 6.07) is 21.5. The summed E-state index contributed by atoms with van der Waals surface area (Å²) in [6.45, 7) is 0. The smallest absolute Gasteiger partial charge is 0.250 e. The molecule has 1 aromatic heterocycles. The lowest BCUT2D eigenvalue weighted by Crippen LogP contribution is -2.20. The molecule has 0 radical (unpaired) electrons. The van der Waals surface area contributed by atoms with Crippen LogP contribution in [-0.4, -0.2) is 42.9 Å². The third-order valence-electron chi connectivity index (χ3n) is 4.49. The average Bonchev–Trinajstić information content (AvgIpc) is 3.24. The second kappa shape index (κ2) is 10.3. The number of aromatic nitrogens is 3. The molecule has 4 rings (SSSR count). The van der Waals surface area contributed by atoms with Crippen molar-refractivity contribution in [2.45, 2.75) is 5.16 Å². The molecule has 33 heavy (non-hydrogen) atoms. The molecule has 0 aliphatic heterocycles. The first-order valence-corrected chi connectivity index (χ1v) is 11.5. The fourth-order valence-electron chi connectivity index (χ4n) is 2.94. The maximum Gasteiger partial charge on any atom is 0.250 e. The number of amides is 1. The van der Waals surface area contributed by atoms with E-state index in [1.165, 1.54) is 36.2 Å². The van der Waals surface area contributed by atoms with E-state index in [2.05, 4.69) is 36.7 Å². The van der Waals surface area contributed by atoms with E-state index in [9.17, 15) is 15.0 Å². The zero-order chi connectivity index (χ0) is 23.2. The molecule has 0 fully saturated rings. The highest BCUT2D eigenvalue weighted by Gasteiger charge is 2.17. The molecule has 0 atom stereocenters. The number of benzene rings is 3. The minimum absolute atomic E-state index is 0.0597. The summed E-state index contributed by atoms with van der Waals surface area (Å²) in [5.41, 5.74) is 4.56. The van der Waals surface area contributed by atoms with Crippen LogP contribution >= 0.6 is 27.7 Å². The van der Waals surface area contributed by atoms with Crippen molar-refractivity contribution in [3.63, 3.8) is 0 Å². The molecule has 4 aromatic rings. The van der Waals surface area contributed by atoms with Gasteiger partial charge in [-0.05, 0) is 36.4 Å². The van der Waals surface area contributed by atoms with Crippen molar-refractivity contribution in [2.24, 2.45) is 5.10 Å². The number of rotatable bonds is 7. The molecule has 0 saturated heterocycles. The summed E-state index contributed by atoms with van der Waals surface area (Å²) in [6.07, 6.45) is 1.30. The van der Waals surface area contributed by atoms with Gasteiger partial charge in [0.2, 0.25) is 0 Å². The lowest BCUT2D eigenvalue weighted by molar-refractivity contribution is -0.118. The maximum atomic E-state index is 12.3.